The van der Waals surface area contributed by atoms with E-state index in [1.54, 1.807) is 11.3 Å². The second kappa shape index (κ2) is 2.89. The molecule has 0 spiro atoms. The van der Waals surface area contributed by atoms with Crippen LogP contribution < -0.4 is 0 Å². The van der Waals surface area contributed by atoms with Crippen molar-refractivity contribution in [3.05, 3.63) is 47.8 Å². The van der Waals surface area contributed by atoms with Crippen LogP contribution in [-0.2, 0) is 0 Å². The summed E-state index contributed by atoms with van der Waals surface area (Å²) in [5.41, 5.74) is 1.28. The Morgan fingerprint density at radius 1 is 1.09 bits per heavy atom. The minimum atomic E-state index is 1.28. The maximum Gasteiger partial charge on any atom is 0.0342 e. The van der Waals surface area contributed by atoms with Gasteiger partial charge in [-0.1, -0.05) is 30.3 Å². The molecule has 0 bridgehead atoms. The molecule has 1 radical (unpaired) electrons. The molecule has 11 heavy (non-hydrogen) atoms. The summed E-state index contributed by atoms with van der Waals surface area (Å²) in [5.74, 6) is 0. The molecule has 0 saturated carbocycles. The Bertz CT molecular complexity index is 308. The lowest BCUT2D eigenvalue weighted by atomic mass is 10.2. The molecule has 0 fully saturated rings. The molecular formula is C10H7S. The fraction of sp³-hybridized carbons (Fsp3) is 0. The number of benzene rings is 1. The normalized spacial score (nSPS) is 9.82. The van der Waals surface area contributed by atoms with Crippen LogP contribution in [0.1, 0.15) is 0 Å². The molecule has 2 rings (SSSR count). The molecule has 2 aromatic rings. The first-order valence-electron chi connectivity index (χ1n) is 3.47. The number of rotatable bonds is 1. The van der Waals surface area contributed by atoms with Crippen molar-refractivity contribution in [3.8, 4) is 10.4 Å². The number of hydrogen-bond donors (Lipinski definition) is 0. The van der Waals surface area contributed by atoms with Gasteiger partial charge in [0.2, 0.25) is 0 Å². The van der Waals surface area contributed by atoms with Crippen molar-refractivity contribution in [3.63, 3.8) is 0 Å². The van der Waals surface area contributed by atoms with E-state index in [0.717, 1.165) is 0 Å². The van der Waals surface area contributed by atoms with E-state index in [1.807, 2.05) is 12.1 Å². The molecule has 0 aliphatic heterocycles. The third-order valence-corrected chi connectivity index (χ3v) is 2.44. The molecule has 0 nitrogen and oxygen atoms in total. The number of hydrogen-bond acceptors (Lipinski definition) is 1. The van der Waals surface area contributed by atoms with Gasteiger partial charge in [0, 0.05) is 4.88 Å². The van der Waals surface area contributed by atoms with Gasteiger partial charge in [0.25, 0.3) is 0 Å². The summed E-state index contributed by atoms with van der Waals surface area (Å²) >= 11 is 1.76. The Morgan fingerprint density at radius 2 is 1.91 bits per heavy atom. The number of thiophene rings is 1. The first-order valence-corrected chi connectivity index (χ1v) is 4.35. The third kappa shape index (κ3) is 1.33. The molecule has 1 heterocycles. The maximum absolute atomic E-state index is 3.00. The zero-order valence-corrected chi connectivity index (χ0v) is 6.77. The van der Waals surface area contributed by atoms with Gasteiger partial charge in [-0.25, -0.2) is 0 Å². The first kappa shape index (κ1) is 6.62. The molecule has 0 aliphatic carbocycles. The zero-order valence-electron chi connectivity index (χ0n) is 5.95. The molecular weight excluding hydrogens is 152 g/mol. The second-order valence-electron chi connectivity index (χ2n) is 2.27. The summed E-state index contributed by atoms with van der Waals surface area (Å²) in [4.78, 5) is 1.32. The smallest absolute Gasteiger partial charge is 0.0342 e. The van der Waals surface area contributed by atoms with Crippen LogP contribution in [0.25, 0.3) is 10.4 Å². The lowest BCUT2D eigenvalue weighted by molar-refractivity contribution is 1.68. The highest BCUT2D eigenvalue weighted by atomic mass is 32.1. The van der Waals surface area contributed by atoms with Crippen LogP contribution in [0.2, 0.25) is 0 Å². The predicted molar refractivity (Wildman–Crippen MR) is 48.6 cm³/mol. The Hall–Kier alpha value is -1.08. The van der Waals surface area contributed by atoms with Crippen LogP contribution in [0.5, 0.6) is 0 Å². The standard InChI is InChI=1S/C10H7S/c1-2-5-9(6-3-1)10-7-4-8-11-10/h2-8H. The second-order valence-corrected chi connectivity index (χ2v) is 3.21. The Labute approximate surface area is 70.1 Å². The van der Waals surface area contributed by atoms with Crippen LogP contribution in [0.4, 0.5) is 0 Å². The summed E-state index contributed by atoms with van der Waals surface area (Å²) in [7, 11) is 0. The van der Waals surface area contributed by atoms with Gasteiger partial charge in [-0.05, 0) is 23.1 Å². The van der Waals surface area contributed by atoms with Crippen LogP contribution in [0.3, 0.4) is 0 Å². The summed E-state index contributed by atoms with van der Waals surface area (Å²) in [5, 5.41) is 2.09. The van der Waals surface area contributed by atoms with Gasteiger partial charge in [0.15, 0.2) is 0 Å². The predicted octanol–water partition coefficient (Wildman–Crippen LogP) is 3.22. The van der Waals surface area contributed by atoms with Gasteiger partial charge in [-0.3, -0.25) is 0 Å². The molecule has 0 atom stereocenters. The molecule has 53 valence electrons. The molecule has 0 amide bonds. The van der Waals surface area contributed by atoms with E-state index in [-0.39, 0.29) is 0 Å². The van der Waals surface area contributed by atoms with E-state index >= 15 is 0 Å². The Kier molecular flexibility index (Phi) is 1.74. The highest BCUT2D eigenvalue weighted by Gasteiger charge is 1.94. The fourth-order valence-corrected chi connectivity index (χ4v) is 1.73. The SMILES string of the molecule is [c]1ccc(-c2cccs2)cc1. The zero-order chi connectivity index (χ0) is 7.52. The fourth-order valence-electron chi connectivity index (χ4n) is 0.994. The lowest BCUT2D eigenvalue weighted by Gasteiger charge is -1.92. The van der Waals surface area contributed by atoms with Crippen molar-refractivity contribution in [2.75, 3.05) is 0 Å². The Morgan fingerprint density at radius 3 is 2.55 bits per heavy atom. The van der Waals surface area contributed by atoms with Gasteiger partial charge in [0.1, 0.15) is 0 Å². The van der Waals surface area contributed by atoms with E-state index in [1.165, 1.54) is 10.4 Å². The summed E-state index contributed by atoms with van der Waals surface area (Å²) in [6.45, 7) is 0. The van der Waals surface area contributed by atoms with Gasteiger partial charge < -0.3 is 0 Å². The van der Waals surface area contributed by atoms with Crippen LogP contribution in [0.15, 0.2) is 41.8 Å². The molecule has 0 saturated heterocycles. The quantitative estimate of drug-likeness (QED) is 0.599. The van der Waals surface area contributed by atoms with Crippen LogP contribution >= 0.6 is 11.3 Å². The largest absolute Gasteiger partial charge is 0.144 e. The van der Waals surface area contributed by atoms with Gasteiger partial charge in [-0.2, -0.15) is 0 Å². The van der Waals surface area contributed by atoms with Crippen LogP contribution in [0, 0.1) is 6.07 Å². The highest BCUT2D eigenvalue weighted by molar-refractivity contribution is 7.13. The van der Waals surface area contributed by atoms with Crippen molar-refractivity contribution < 1.29 is 0 Å². The molecule has 1 heteroatoms. The van der Waals surface area contributed by atoms with Crippen molar-refractivity contribution in [1.82, 2.24) is 0 Å². The van der Waals surface area contributed by atoms with E-state index in [0.29, 0.717) is 0 Å². The summed E-state index contributed by atoms with van der Waals surface area (Å²) in [6.07, 6.45) is 0. The van der Waals surface area contributed by atoms with E-state index < -0.39 is 0 Å². The van der Waals surface area contributed by atoms with E-state index in [2.05, 4.69) is 35.7 Å². The maximum atomic E-state index is 3.00. The Balaban J connectivity index is 2.46. The molecule has 1 aromatic carbocycles. The van der Waals surface area contributed by atoms with Crippen LogP contribution in [-0.4, -0.2) is 0 Å². The topological polar surface area (TPSA) is 0 Å². The van der Waals surface area contributed by atoms with Gasteiger partial charge >= 0.3 is 0 Å². The summed E-state index contributed by atoms with van der Waals surface area (Å²) in [6, 6.07) is 15.2. The van der Waals surface area contributed by atoms with Crippen molar-refractivity contribution in [2.45, 2.75) is 0 Å². The van der Waals surface area contributed by atoms with E-state index in [9.17, 15) is 0 Å². The van der Waals surface area contributed by atoms with E-state index in [4.69, 9.17) is 0 Å². The summed E-state index contributed by atoms with van der Waals surface area (Å²) < 4.78 is 0. The van der Waals surface area contributed by atoms with Gasteiger partial charge in [-0.15, -0.1) is 11.3 Å². The molecule has 0 unspecified atom stereocenters. The lowest BCUT2D eigenvalue weighted by Crippen LogP contribution is -1.67. The molecule has 0 N–H and O–H groups in total. The molecule has 1 aromatic heterocycles. The molecule has 0 aliphatic rings. The van der Waals surface area contributed by atoms with Gasteiger partial charge in [0.05, 0.1) is 0 Å². The highest BCUT2D eigenvalue weighted by Crippen LogP contribution is 2.23. The van der Waals surface area contributed by atoms with Crippen molar-refractivity contribution in [2.24, 2.45) is 0 Å². The van der Waals surface area contributed by atoms with Crippen molar-refractivity contribution in [1.29, 1.82) is 0 Å². The minimum Gasteiger partial charge on any atom is -0.144 e. The average molecular weight is 159 g/mol. The average Bonchev–Trinajstić information content (AvgIpc) is 2.58. The first-order chi connectivity index (χ1) is 5.47. The monoisotopic (exact) mass is 159 g/mol. The minimum absolute atomic E-state index is 1.28. The van der Waals surface area contributed by atoms with Crippen molar-refractivity contribution >= 4 is 11.3 Å². The third-order valence-electron chi connectivity index (χ3n) is 1.52.